The normalized spacial score (nSPS) is 12.3. The molecule has 1 aliphatic heterocycles. The van der Waals surface area contributed by atoms with Crippen molar-refractivity contribution < 1.29 is 24.0 Å². The lowest BCUT2D eigenvalue weighted by Crippen LogP contribution is -2.33. The van der Waals surface area contributed by atoms with Gasteiger partial charge in [-0.2, -0.15) is 0 Å². The Bertz CT molecular complexity index is 1340. The molecule has 3 aromatic rings. The number of hydrogen-bond acceptors (Lipinski definition) is 5. The highest BCUT2D eigenvalue weighted by atomic mass is 16.2. The molecule has 35 heavy (non-hydrogen) atoms. The van der Waals surface area contributed by atoms with Crippen molar-refractivity contribution in [3.63, 3.8) is 0 Å². The van der Waals surface area contributed by atoms with Crippen molar-refractivity contribution in [2.24, 2.45) is 5.73 Å². The van der Waals surface area contributed by atoms with Gasteiger partial charge in [0, 0.05) is 23.4 Å². The number of imide groups is 1. The Kier molecular flexibility index (Phi) is 6.68. The van der Waals surface area contributed by atoms with E-state index in [0.717, 1.165) is 5.56 Å². The number of nitrogens with two attached hydrogens (primary N) is 1. The fourth-order valence-corrected chi connectivity index (χ4v) is 3.73. The van der Waals surface area contributed by atoms with Crippen LogP contribution in [-0.2, 0) is 11.2 Å². The predicted molar refractivity (Wildman–Crippen MR) is 128 cm³/mol. The van der Waals surface area contributed by atoms with Gasteiger partial charge in [-0.15, -0.1) is 0 Å². The molecule has 0 aliphatic carbocycles. The van der Waals surface area contributed by atoms with Crippen molar-refractivity contribution in [1.29, 1.82) is 0 Å². The van der Waals surface area contributed by atoms with Crippen LogP contribution in [0.4, 0.5) is 5.69 Å². The molecule has 0 saturated heterocycles. The van der Waals surface area contributed by atoms with Gasteiger partial charge in [-0.3, -0.25) is 28.9 Å². The van der Waals surface area contributed by atoms with Crippen LogP contribution in [0.3, 0.4) is 0 Å². The third-order valence-electron chi connectivity index (χ3n) is 5.51. The number of hydrogen-bond donors (Lipinski definition) is 3. The van der Waals surface area contributed by atoms with E-state index in [-0.39, 0.29) is 41.3 Å². The Labute approximate surface area is 200 Å². The van der Waals surface area contributed by atoms with E-state index in [0.29, 0.717) is 12.1 Å². The number of nitrogens with zero attached hydrogens (tertiary/aromatic N) is 1. The van der Waals surface area contributed by atoms with Crippen molar-refractivity contribution in [1.82, 2.24) is 10.2 Å². The van der Waals surface area contributed by atoms with Crippen molar-refractivity contribution in [3.05, 3.63) is 101 Å². The standard InChI is InChI=1S/C26H22N4O5/c27-22(31)15-28-23(32)17-7-4-8-19(13-17)29-24(33)18-9-10-20-21(14-18)26(35)30(25(20)34)12-11-16-5-2-1-3-6-16/h1-10,13-14H,11-12,15H2,(H2,27,31)(H,28,32)(H,29,33). The fourth-order valence-electron chi connectivity index (χ4n) is 3.73. The highest BCUT2D eigenvalue weighted by Crippen LogP contribution is 2.25. The average molecular weight is 470 g/mol. The molecule has 0 fully saturated rings. The second-order valence-corrected chi connectivity index (χ2v) is 7.94. The van der Waals surface area contributed by atoms with E-state index < -0.39 is 23.6 Å². The van der Waals surface area contributed by atoms with Gasteiger partial charge in [-0.1, -0.05) is 36.4 Å². The van der Waals surface area contributed by atoms with Crippen LogP contribution < -0.4 is 16.4 Å². The number of fused-ring (bicyclic) bond motifs is 1. The van der Waals surface area contributed by atoms with Gasteiger partial charge in [0.25, 0.3) is 23.6 Å². The Morgan fingerprint density at radius 2 is 1.49 bits per heavy atom. The van der Waals surface area contributed by atoms with E-state index in [4.69, 9.17) is 5.73 Å². The molecule has 4 rings (SSSR count). The van der Waals surface area contributed by atoms with Crippen molar-refractivity contribution in [3.8, 4) is 0 Å². The van der Waals surface area contributed by atoms with Gasteiger partial charge in [0.2, 0.25) is 5.91 Å². The molecule has 1 aliphatic rings. The molecule has 0 aromatic heterocycles. The number of carbonyl (C=O) groups is 5. The summed E-state index contributed by atoms with van der Waals surface area (Å²) >= 11 is 0. The monoisotopic (exact) mass is 470 g/mol. The summed E-state index contributed by atoms with van der Waals surface area (Å²) in [5.74, 6) is -2.53. The minimum atomic E-state index is -0.675. The number of nitrogens with one attached hydrogen (secondary N) is 2. The number of carbonyl (C=O) groups excluding carboxylic acids is 5. The lowest BCUT2D eigenvalue weighted by atomic mass is 10.1. The van der Waals surface area contributed by atoms with E-state index in [9.17, 15) is 24.0 Å². The molecule has 0 radical (unpaired) electrons. The molecule has 9 heteroatoms. The molecule has 1 heterocycles. The maximum Gasteiger partial charge on any atom is 0.261 e. The van der Waals surface area contributed by atoms with Crippen molar-refractivity contribution >= 4 is 35.2 Å². The Morgan fingerprint density at radius 3 is 2.23 bits per heavy atom. The molecular weight excluding hydrogens is 448 g/mol. The van der Waals surface area contributed by atoms with E-state index in [2.05, 4.69) is 10.6 Å². The first-order chi connectivity index (χ1) is 16.8. The zero-order chi connectivity index (χ0) is 24.9. The highest BCUT2D eigenvalue weighted by molar-refractivity contribution is 6.22. The van der Waals surface area contributed by atoms with E-state index in [1.54, 1.807) is 12.1 Å². The summed E-state index contributed by atoms with van der Waals surface area (Å²) in [6, 6.07) is 20.0. The summed E-state index contributed by atoms with van der Waals surface area (Å²) in [6.45, 7) is -0.0673. The van der Waals surface area contributed by atoms with Crippen LogP contribution in [0.25, 0.3) is 0 Å². The highest BCUT2D eigenvalue weighted by Gasteiger charge is 2.35. The number of rotatable bonds is 8. The summed E-state index contributed by atoms with van der Waals surface area (Å²) in [4.78, 5) is 62.6. The largest absolute Gasteiger partial charge is 0.368 e. The summed E-state index contributed by atoms with van der Waals surface area (Å²) < 4.78 is 0. The first-order valence-electron chi connectivity index (χ1n) is 10.9. The molecular formula is C26H22N4O5. The SMILES string of the molecule is NC(=O)CNC(=O)c1cccc(NC(=O)c2ccc3c(c2)C(=O)N(CCc2ccccc2)C3=O)c1. The zero-order valence-corrected chi connectivity index (χ0v) is 18.6. The minimum absolute atomic E-state index is 0.176. The third-order valence-corrected chi connectivity index (χ3v) is 5.51. The van der Waals surface area contributed by atoms with Crippen molar-refractivity contribution in [2.45, 2.75) is 6.42 Å². The number of benzene rings is 3. The molecule has 0 saturated carbocycles. The third kappa shape index (κ3) is 5.25. The molecule has 4 N–H and O–H groups in total. The maximum absolute atomic E-state index is 12.9. The fraction of sp³-hybridized carbons (Fsp3) is 0.115. The Hall–Kier alpha value is -4.79. The summed E-state index contributed by atoms with van der Waals surface area (Å²) in [6.07, 6.45) is 0.531. The van der Waals surface area contributed by atoms with Gasteiger partial charge >= 0.3 is 0 Å². The van der Waals surface area contributed by atoms with Crippen LogP contribution in [0.1, 0.15) is 47.0 Å². The van der Waals surface area contributed by atoms with Crippen molar-refractivity contribution in [2.75, 3.05) is 18.4 Å². The van der Waals surface area contributed by atoms with Gasteiger partial charge in [-0.25, -0.2) is 0 Å². The van der Waals surface area contributed by atoms with Gasteiger partial charge in [0.1, 0.15) is 0 Å². The molecule has 0 spiro atoms. The molecule has 176 valence electrons. The Balaban J connectivity index is 1.45. The van der Waals surface area contributed by atoms with Crippen LogP contribution in [0, 0.1) is 0 Å². The van der Waals surface area contributed by atoms with Crippen LogP contribution in [0.15, 0.2) is 72.8 Å². The van der Waals surface area contributed by atoms with Gasteiger partial charge in [-0.05, 0) is 48.4 Å². The number of anilines is 1. The first-order valence-corrected chi connectivity index (χ1v) is 10.9. The van der Waals surface area contributed by atoms with Crippen LogP contribution in [0.5, 0.6) is 0 Å². The quantitative estimate of drug-likeness (QED) is 0.432. The van der Waals surface area contributed by atoms with Crippen LogP contribution in [0.2, 0.25) is 0 Å². The topological polar surface area (TPSA) is 139 Å². The second-order valence-electron chi connectivity index (χ2n) is 7.94. The Morgan fingerprint density at radius 1 is 0.771 bits per heavy atom. The molecule has 9 nitrogen and oxygen atoms in total. The molecule has 0 unspecified atom stereocenters. The lowest BCUT2D eigenvalue weighted by molar-refractivity contribution is -0.117. The van der Waals surface area contributed by atoms with E-state index >= 15 is 0 Å². The molecule has 5 amide bonds. The van der Waals surface area contributed by atoms with Crippen LogP contribution in [-0.4, -0.2) is 47.5 Å². The smallest absolute Gasteiger partial charge is 0.261 e. The average Bonchev–Trinajstić information content (AvgIpc) is 3.10. The lowest BCUT2D eigenvalue weighted by Gasteiger charge is -2.13. The first kappa shape index (κ1) is 23.4. The van der Waals surface area contributed by atoms with Gasteiger partial charge in [0.05, 0.1) is 17.7 Å². The molecule has 0 bridgehead atoms. The summed E-state index contributed by atoms with van der Waals surface area (Å²) in [5, 5.41) is 5.05. The van der Waals surface area contributed by atoms with Gasteiger partial charge in [0.15, 0.2) is 0 Å². The minimum Gasteiger partial charge on any atom is -0.368 e. The van der Waals surface area contributed by atoms with E-state index in [1.807, 2.05) is 30.3 Å². The molecule has 3 aromatic carbocycles. The van der Waals surface area contributed by atoms with E-state index in [1.165, 1.54) is 35.2 Å². The summed E-state index contributed by atoms with van der Waals surface area (Å²) in [5.41, 5.74) is 7.24. The van der Waals surface area contributed by atoms with Crippen LogP contribution >= 0.6 is 0 Å². The second kappa shape index (κ2) is 10.0. The summed E-state index contributed by atoms with van der Waals surface area (Å²) in [7, 11) is 0. The predicted octanol–water partition coefficient (Wildman–Crippen LogP) is 1.99. The number of amides is 5. The van der Waals surface area contributed by atoms with Gasteiger partial charge < -0.3 is 16.4 Å². The zero-order valence-electron chi connectivity index (χ0n) is 18.6. The molecule has 0 atom stereocenters. The maximum atomic E-state index is 12.9. The number of primary amides is 1.